The van der Waals surface area contributed by atoms with Gasteiger partial charge in [0.2, 0.25) is 5.82 Å². The quantitative estimate of drug-likeness (QED) is 0.726. The topological polar surface area (TPSA) is 86.9 Å². The van der Waals surface area contributed by atoms with Gasteiger partial charge in [-0.25, -0.2) is 0 Å². The summed E-state index contributed by atoms with van der Waals surface area (Å²) in [6.07, 6.45) is 1.43. The van der Waals surface area contributed by atoms with E-state index in [0.29, 0.717) is 55.9 Å². The molecule has 1 saturated heterocycles. The molecule has 8 nitrogen and oxygen atoms in total. The van der Waals surface area contributed by atoms with Gasteiger partial charge in [0.25, 0.3) is 0 Å². The van der Waals surface area contributed by atoms with E-state index in [1.807, 2.05) is 17.9 Å². The molecule has 0 N–H and O–H groups in total. The number of benzene rings is 1. The van der Waals surface area contributed by atoms with Crippen molar-refractivity contribution in [2.75, 3.05) is 38.8 Å². The molecule has 0 bridgehead atoms. The molecule has 0 saturated carbocycles. The molecule has 0 atom stereocenters. The predicted octanol–water partition coefficient (Wildman–Crippen LogP) is 2.53. The number of esters is 1. The number of carbonyl (C=O) groups excluding carboxylic acids is 1. The van der Waals surface area contributed by atoms with E-state index in [1.54, 1.807) is 26.4 Å². The standard InChI is InChI=1S/C18H23N3O5/c1-4-25-17(22)12-7-9-21(10-8-12)18-19-16(20-26-18)13-5-6-14(23-2)15(11-13)24-3/h5-6,11-12H,4,7-10H2,1-3H3. The van der Waals surface area contributed by atoms with Gasteiger partial charge in [-0.05, 0) is 38.0 Å². The summed E-state index contributed by atoms with van der Waals surface area (Å²) in [7, 11) is 3.17. The maximum atomic E-state index is 11.8. The minimum absolute atomic E-state index is 0.0561. The van der Waals surface area contributed by atoms with Crippen LogP contribution in [0, 0.1) is 5.92 Å². The van der Waals surface area contributed by atoms with Gasteiger partial charge in [0, 0.05) is 18.7 Å². The summed E-state index contributed by atoms with van der Waals surface area (Å²) in [5.74, 6) is 1.55. The molecule has 0 radical (unpaired) electrons. The highest BCUT2D eigenvalue weighted by atomic mass is 16.5. The molecule has 1 aliphatic heterocycles. The van der Waals surface area contributed by atoms with Crippen molar-refractivity contribution in [2.24, 2.45) is 5.92 Å². The smallest absolute Gasteiger partial charge is 0.324 e. The number of piperidine rings is 1. The summed E-state index contributed by atoms with van der Waals surface area (Å²) in [4.78, 5) is 18.3. The van der Waals surface area contributed by atoms with Crippen LogP contribution in [0.5, 0.6) is 11.5 Å². The number of nitrogens with zero attached hydrogens (tertiary/aromatic N) is 3. The molecule has 2 heterocycles. The zero-order valence-electron chi connectivity index (χ0n) is 15.2. The first kappa shape index (κ1) is 18.0. The fourth-order valence-electron chi connectivity index (χ4n) is 3.00. The fraction of sp³-hybridized carbons (Fsp3) is 0.500. The summed E-state index contributed by atoms with van der Waals surface area (Å²) in [5, 5.41) is 4.06. The van der Waals surface area contributed by atoms with Crippen LogP contribution in [0.25, 0.3) is 11.4 Å². The second-order valence-electron chi connectivity index (χ2n) is 5.98. The van der Waals surface area contributed by atoms with Crippen LogP contribution in [-0.4, -0.2) is 50.0 Å². The lowest BCUT2D eigenvalue weighted by molar-refractivity contribution is -0.148. The highest BCUT2D eigenvalue weighted by Gasteiger charge is 2.28. The average molecular weight is 361 g/mol. The average Bonchev–Trinajstić information content (AvgIpc) is 3.18. The summed E-state index contributed by atoms with van der Waals surface area (Å²) < 4.78 is 21.1. The summed E-state index contributed by atoms with van der Waals surface area (Å²) in [5.41, 5.74) is 0.777. The lowest BCUT2D eigenvalue weighted by atomic mass is 9.97. The first-order valence-electron chi connectivity index (χ1n) is 8.64. The van der Waals surface area contributed by atoms with Crippen LogP contribution in [0.15, 0.2) is 22.7 Å². The van der Waals surface area contributed by atoms with Crippen LogP contribution in [0.1, 0.15) is 19.8 Å². The molecule has 8 heteroatoms. The Labute approximate surface area is 152 Å². The highest BCUT2D eigenvalue weighted by molar-refractivity contribution is 5.72. The number of aromatic nitrogens is 2. The Morgan fingerprint density at radius 3 is 2.62 bits per heavy atom. The van der Waals surface area contributed by atoms with Crippen molar-refractivity contribution >= 4 is 12.0 Å². The zero-order valence-corrected chi connectivity index (χ0v) is 15.2. The lowest BCUT2D eigenvalue weighted by Gasteiger charge is -2.29. The van der Waals surface area contributed by atoms with Gasteiger partial charge in [-0.15, -0.1) is 0 Å². The molecule has 1 aromatic heterocycles. The van der Waals surface area contributed by atoms with Gasteiger partial charge in [0.05, 0.1) is 26.7 Å². The van der Waals surface area contributed by atoms with E-state index < -0.39 is 0 Å². The van der Waals surface area contributed by atoms with Gasteiger partial charge in [0.1, 0.15) is 0 Å². The van der Waals surface area contributed by atoms with Gasteiger partial charge in [-0.2, -0.15) is 4.98 Å². The molecule has 3 rings (SSSR count). The van der Waals surface area contributed by atoms with Crippen molar-refractivity contribution in [1.29, 1.82) is 0 Å². The van der Waals surface area contributed by atoms with Crippen molar-refractivity contribution < 1.29 is 23.5 Å². The molecule has 0 aliphatic carbocycles. The van der Waals surface area contributed by atoms with Crippen LogP contribution in [-0.2, 0) is 9.53 Å². The Hall–Kier alpha value is -2.77. The number of ether oxygens (including phenoxy) is 3. The van der Waals surface area contributed by atoms with E-state index in [-0.39, 0.29) is 11.9 Å². The largest absolute Gasteiger partial charge is 0.493 e. The Kier molecular flexibility index (Phi) is 5.60. The highest BCUT2D eigenvalue weighted by Crippen LogP contribution is 2.32. The molecule has 2 aromatic rings. The van der Waals surface area contributed by atoms with Gasteiger partial charge in [-0.1, -0.05) is 5.16 Å². The van der Waals surface area contributed by atoms with E-state index in [4.69, 9.17) is 18.7 Å². The van der Waals surface area contributed by atoms with Gasteiger partial charge >= 0.3 is 12.0 Å². The summed E-state index contributed by atoms with van der Waals surface area (Å²) in [6.45, 7) is 3.59. The van der Waals surface area contributed by atoms with E-state index in [9.17, 15) is 4.79 Å². The molecule has 0 unspecified atom stereocenters. The first-order chi connectivity index (χ1) is 12.7. The van der Waals surface area contributed by atoms with Crippen LogP contribution in [0.2, 0.25) is 0 Å². The third kappa shape index (κ3) is 3.74. The number of hydrogen-bond acceptors (Lipinski definition) is 8. The maximum absolute atomic E-state index is 11.8. The van der Waals surface area contributed by atoms with E-state index in [2.05, 4.69) is 10.1 Å². The van der Waals surface area contributed by atoms with Crippen LogP contribution >= 0.6 is 0 Å². The third-order valence-electron chi connectivity index (χ3n) is 4.44. The Bertz CT molecular complexity index is 753. The number of anilines is 1. The normalized spacial score (nSPS) is 15.0. The molecule has 140 valence electrons. The predicted molar refractivity (Wildman–Crippen MR) is 94.4 cm³/mol. The molecule has 1 aromatic carbocycles. The van der Waals surface area contributed by atoms with E-state index >= 15 is 0 Å². The second kappa shape index (κ2) is 8.07. The van der Waals surface area contributed by atoms with Crippen molar-refractivity contribution in [3.63, 3.8) is 0 Å². The maximum Gasteiger partial charge on any atom is 0.324 e. The van der Waals surface area contributed by atoms with Gasteiger partial charge < -0.3 is 23.6 Å². The molecule has 1 fully saturated rings. The molecule has 26 heavy (non-hydrogen) atoms. The van der Waals surface area contributed by atoms with Crippen molar-refractivity contribution in [2.45, 2.75) is 19.8 Å². The molecule has 0 amide bonds. The minimum Gasteiger partial charge on any atom is -0.493 e. The van der Waals surface area contributed by atoms with Crippen molar-refractivity contribution in [3.8, 4) is 22.9 Å². The van der Waals surface area contributed by atoms with Crippen molar-refractivity contribution in [1.82, 2.24) is 10.1 Å². The fourth-order valence-corrected chi connectivity index (χ4v) is 3.00. The van der Waals surface area contributed by atoms with Crippen LogP contribution < -0.4 is 14.4 Å². The Morgan fingerprint density at radius 1 is 1.23 bits per heavy atom. The Balaban J connectivity index is 1.68. The number of rotatable bonds is 6. The summed E-state index contributed by atoms with van der Waals surface area (Å²) >= 11 is 0. The Morgan fingerprint density at radius 2 is 1.96 bits per heavy atom. The number of carbonyl (C=O) groups is 1. The third-order valence-corrected chi connectivity index (χ3v) is 4.44. The molecule has 1 aliphatic rings. The summed E-state index contributed by atoms with van der Waals surface area (Å²) in [6, 6.07) is 5.91. The van der Waals surface area contributed by atoms with E-state index in [1.165, 1.54) is 0 Å². The van der Waals surface area contributed by atoms with E-state index in [0.717, 1.165) is 5.56 Å². The van der Waals surface area contributed by atoms with Crippen LogP contribution in [0.4, 0.5) is 6.01 Å². The first-order valence-corrected chi connectivity index (χ1v) is 8.64. The zero-order chi connectivity index (χ0) is 18.5. The monoisotopic (exact) mass is 361 g/mol. The number of hydrogen-bond donors (Lipinski definition) is 0. The lowest BCUT2D eigenvalue weighted by Crippen LogP contribution is -2.37. The second-order valence-corrected chi connectivity index (χ2v) is 5.98. The molecule has 0 spiro atoms. The molecular formula is C18H23N3O5. The van der Waals surface area contributed by atoms with Crippen molar-refractivity contribution in [3.05, 3.63) is 18.2 Å². The van der Waals surface area contributed by atoms with Crippen LogP contribution in [0.3, 0.4) is 0 Å². The van der Waals surface area contributed by atoms with Gasteiger partial charge in [-0.3, -0.25) is 4.79 Å². The van der Waals surface area contributed by atoms with Gasteiger partial charge in [0.15, 0.2) is 11.5 Å². The number of methoxy groups -OCH3 is 2. The SMILES string of the molecule is CCOC(=O)C1CCN(c2nc(-c3ccc(OC)c(OC)c3)no2)CC1. The molecular weight excluding hydrogens is 338 g/mol. The minimum atomic E-state index is -0.122.